The summed E-state index contributed by atoms with van der Waals surface area (Å²) < 4.78 is 51.9. The van der Waals surface area contributed by atoms with E-state index in [9.17, 15) is 22.4 Å². The Morgan fingerprint density at radius 2 is 1.59 bits per heavy atom. The van der Waals surface area contributed by atoms with E-state index in [1.54, 1.807) is 36.4 Å². The van der Waals surface area contributed by atoms with Crippen LogP contribution in [-0.4, -0.2) is 33.6 Å². The zero-order chi connectivity index (χ0) is 24.3. The van der Waals surface area contributed by atoms with Crippen molar-refractivity contribution in [3.63, 3.8) is 0 Å². The maximum atomic E-state index is 13.2. The molecule has 0 fully saturated rings. The number of primary amides is 1. The van der Waals surface area contributed by atoms with Crippen LogP contribution in [0.25, 0.3) is 22.3 Å². The number of fused-ring (bicyclic) bond motifs is 1. The van der Waals surface area contributed by atoms with Crippen LogP contribution in [0.1, 0.15) is 15.9 Å². The molecule has 1 amide bonds. The van der Waals surface area contributed by atoms with E-state index >= 15 is 0 Å². The number of benzene rings is 2. The average molecular weight is 470 g/mol. The average Bonchev–Trinajstić information content (AvgIpc) is 2.81. The largest absolute Gasteiger partial charge is 0.405 e. The first-order chi connectivity index (χ1) is 16.2. The minimum Gasteiger partial charge on any atom is -0.366 e. The lowest BCUT2D eigenvalue weighted by atomic mass is 10.1. The normalized spacial score (nSPS) is 11.4. The summed E-state index contributed by atoms with van der Waals surface area (Å²) in [6.45, 7) is -1.06. The van der Waals surface area contributed by atoms with E-state index < -0.39 is 24.4 Å². The Morgan fingerprint density at radius 1 is 0.882 bits per heavy atom. The second-order valence-electron chi connectivity index (χ2n) is 7.35. The van der Waals surface area contributed by atoms with Crippen molar-refractivity contribution < 1.29 is 22.4 Å². The Balaban J connectivity index is 1.65. The predicted octanol–water partition coefficient (Wildman–Crippen LogP) is 4.52. The van der Waals surface area contributed by atoms with Gasteiger partial charge in [-0.25, -0.2) is 14.4 Å². The number of hydrogen-bond donors (Lipinski definition) is 3. The maximum Gasteiger partial charge on any atom is 0.405 e. The van der Waals surface area contributed by atoms with E-state index in [0.717, 1.165) is 5.56 Å². The van der Waals surface area contributed by atoms with Crippen molar-refractivity contribution in [1.29, 1.82) is 0 Å². The van der Waals surface area contributed by atoms with Gasteiger partial charge in [0.15, 0.2) is 5.82 Å². The number of carbonyl (C=O) groups excluding carboxylic acids is 1. The van der Waals surface area contributed by atoms with E-state index in [4.69, 9.17) is 5.73 Å². The van der Waals surface area contributed by atoms with Crippen LogP contribution >= 0.6 is 0 Å². The van der Waals surface area contributed by atoms with Gasteiger partial charge in [-0.05, 0) is 54.1 Å². The monoisotopic (exact) mass is 470 g/mol. The molecule has 0 atom stereocenters. The number of aromatic nitrogens is 3. The molecule has 2 heterocycles. The van der Waals surface area contributed by atoms with Gasteiger partial charge >= 0.3 is 6.18 Å². The quantitative estimate of drug-likeness (QED) is 0.343. The fourth-order valence-corrected chi connectivity index (χ4v) is 3.15. The minimum absolute atomic E-state index is 0.0903. The van der Waals surface area contributed by atoms with Crippen LogP contribution < -0.4 is 16.4 Å². The standard InChI is InChI=1S/C23H18F4N6O/c24-16-7-5-14(6-8-16)17-9-10-18-19(31-17)21(30-12-23(25,26)27)33-22(32-18)29-11-13-1-3-15(4-2-13)20(28)34/h1-10H,11-12H2,(H2,28,34)(H2,29,30,32,33). The summed E-state index contributed by atoms with van der Waals surface area (Å²) in [5.74, 6) is -0.976. The number of rotatable bonds is 7. The van der Waals surface area contributed by atoms with Crippen LogP contribution in [0.15, 0.2) is 60.7 Å². The minimum atomic E-state index is -4.47. The molecule has 2 aromatic carbocycles. The van der Waals surface area contributed by atoms with E-state index in [-0.39, 0.29) is 23.8 Å². The number of carbonyl (C=O) groups is 1. The summed E-state index contributed by atoms with van der Waals surface area (Å²) in [6, 6.07) is 15.3. The van der Waals surface area contributed by atoms with E-state index in [1.807, 2.05) is 0 Å². The number of nitrogens with zero attached hydrogens (tertiary/aromatic N) is 3. The molecule has 0 saturated carbocycles. The van der Waals surface area contributed by atoms with Crippen LogP contribution in [-0.2, 0) is 6.54 Å². The van der Waals surface area contributed by atoms with E-state index in [2.05, 4.69) is 25.6 Å². The highest BCUT2D eigenvalue weighted by atomic mass is 19.4. The summed E-state index contributed by atoms with van der Waals surface area (Å²) in [7, 11) is 0. The lowest BCUT2D eigenvalue weighted by Gasteiger charge is -2.13. The number of anilines is 2. The molecular formula is C23H18F4N6O. The van der Waals surface area contributed by atoms with Gasteiger partial charge in [0.2, 0.25) is 11.9 Å². The maximum absolute atomic E-state index is 13.2. The summed E-state index contributed by atoms with van der Waals surface area (Å²) in [5, 5.41) is 5.25. The number of hydrogen-bond acceptors (Lipinski definition) is 6. The summed E-state index contributed by atoms with van der Waals surface area (Å²) in [5.41, 5.74) is 7.84. The van der Waals surface area contributed by atoms with Gasteiger partial charge in [-0.1, -0.05) is 12.1 Å². The number of alkyl halides is 3. The molecule has 174 valence electrons. The number of nitrogens with two attached hydrogens (primary N) is 1. The second-order valence-corrected chi connectivity index (χ2v) is 7.35. The van der Waals surface area contributed by atoms with Crippen molar-refractivity contribution in [2.75, 3.05) is 17.2 Å². The molecule has 0 aliphatic carbocycles. The van der Waals surface area contributed by atoms with Gasteiger partial charge in [-0.3, -0.25) is 4.79 Å². The predicted molar refractivity (Wildman–Crippen MR) is 120 cm³/mol. The van der Waals surface area contributed by atoms with Crippen molar-refractivity contribution in [2.24, 2.45) is 5.73 Å². The molecule has 4 N–H and O–H groups in total. The first kappa shape index (κ1) is 22.9. The van der Waals surface area contributed by atoms with Gasteiger partial charge in [0.25, 0.3) is 0 Å². The summed E-state index contributed by atoms with van der Waals surface area (Å²) in [4.78, 5) is 24.1. The number of halogens is 4. The molecule has 7 nitrogen and oxygen atoms in total. The molecule has 4 rings (SSSR count). The highest BCUT2D eigenvalue weighted by molar-refractivity contribution is 5.92. The molecule has 0 spiro atoms. The van der Waals surface area contributed by atoms with Crippen molar-refractivity contribution >= 4 is 28.7 Å². The Kier molecular flexibility index (Phi) is 6.26. The van der Waals surface area contributed by atoms with E-state index in [0.29, 0.717) is 22.3 Å². The number of pyridine rings is 1. The van der Waals surface area contributed by atoms with Gasteiger partial charge in [-0.15, -0.1) is 0 Å². The van der Waals surface area contributed by atoms with Gasteiger partial charge in [0, 0.05) is 17.7 Å². The van der Waals surface area contributed by atoms with Crippen LogP contribution in [0.3, 0.4) is 0 Å². The first-order valence-electron chi connectivity index (χ1n) is 10.1. The van der Waals surface area contributed by atoms with Crippen LogP contribution in [0.5, 0.6) is 0 Å². The number of nitrogens with one attached hydrogen (secondary N) is 2. The molecule has 0 unspecified atom stereocenters. The Bertz CT molecular complexity index is 1320. The third-order valence-corrected chi connectivity index (χ3v) is 4.83. The van der Waals surface area contributed by atoms with Crippen LogP contribution in [0.4, 0.5) is 29.3 Å². The van der Waals surface area contributed by atoms with Gasteiger partial charge in [0.1, 0.15) is 17.9 Å². The molecular weight excluding hydrogens is 452 g/mol. The van der Waals surface area contributed by atoms with Crippen LogP contribution in [0, 0.1) is 5.82 Å². The fourth-order valence-electron chi connectivity index (χ4n) is 3.15. The summed E-state index contributed by atoms with van der Waals surface area (Å²) in [6.07, 6.45) is -4.47. The van der Waals surface area contributed by atoms with Gasteiger partial charge < -0.3 is 16.4 Å². The zero-order valence-electron chi connectivity index (χ0n) is 17.5. The highest BCUT2D eigenvalue weighted by Crippen LogP contribution is 2.26. The van der Waals surface area contributed by atoms with Gasteiger partial charge in [0.05, 0.1) is 11.2 Å². The number of amides is 1. The van der Waals surface area contributed by atoms with Crippen molar-refractivity contribution in [3.05, 3.63) is 77.6 Å². The third-order valence-electron chi connectivity index (χ3n) is 4.83. The molecule has 0 saturated heterocycles. The molecule has 34 heavy (non-hydrogen) atoms. The molecule has 0 aliphatic heterocycles. The smallest absolute Gasteiger partial charge is 0.366 e. The van der Waals surface area contributed by atoms with Gasteiger partial charge in [-0.2, -0.15) is 18.2 Å². The Morgan fingerprint density at radius 3 is 2.24 bits per heavy atom. The third kappa shape index (κ3) is 5.55. The lowest BCUT2D eigenvalue weighted by molar-refractivity contribution is -0.115. The van der Waals surface area contributed by atoms with Crippen LogP contribution in [0.2, 0.25) is 0 Å². The Labute approximate surface area is 191 Å². The highest BCUT2D eigenvalue weighted by Gasteiger charge is 2.27. The SMILES string of the molecule is NC(=O)c1ccc(CNc2nc(NCC(F)(F)F)c3nc(-c4ccc(F)cc4)ccc3n2)cc1. The molecule has 4 aromatic rings. The molecule has 0 aliphatic rings. The first-order valence-corrected chi connectivity index (χ1v) is 10.1. The molecule has 0 bridgehead atoms. The van der Waals surface area contributed by atoms with Crippen molar-refractivity contribution in [1.82, 2.24) is 15.0 Å². The van der Waals surface area contributed by atoms with Crippen molar-refractivity contribution in [3.8, 4) is 11.3 Å². The lowest BCUT2D eigenvalue weighted by Crippen LogP contribution is -2.22. The summed E-state index contributed by atoms with van der Waals surface area (Å²) >= 11 is 0. The molecule has 2 aromatic heterocycles. The van der Waals surface area contributed by atoms with E-state index in [1.165, 1.54) is 24.3 Å². The topological polar surface area (TPSA) is 106 Å². The zero-order valence-corrected chi connectivity index (χ0v) is 17.5. The molecule has 11 heteroatoms. The fraction of sp³-hybridized carbons (Fsp3) is 0.130. The second kappa shape index (κ2) is 9.30. The molecule has 0 radical (unpaired) electrons. The Hall–Kier alpha value is -4.28. The van der Waals surface area contributed by atoms with Crippen molar-refractivity contribution in [2.45, 2.75) is 12.7 Å².